The average molecular weight is 372 g/mol. The van der Waals surface area contributed by atoms with Crippen molar-refractivity contribution < 1.29 is 9.47 Å². The van der Waals surface area contributed by atoms with Gasteiger partial charge in [0.15, 0.2) is 11.5 Å². The second-order valence-electron chi connectivity index (χ2n) is 7.53. The fourth-order valence-corrected chi connectivity index (χ4v) is 4.61. The number of rotatable bonds is 3. The molecule has 1 saturated heterocycles. The molecule has 1 atom stereocenters. The summed E-state index contributed by atoms with van der Waals surface area (Å²) in [5, 5.41) is 3.49. The van der Waals surface area contributed by atoms with E-state index >= 15 is 0 Å². The lowest BCUT2D eigenvalue weighted by Crippen LogP contribution is -2.32. The lowest BCUT2D eigenvalue weighted by atomic mass is 9.74. The molecule has 2 aromatic carbocycles. The van der Waals surface area contributed by atoms with Gasteiger partial charge in [-0.2, -0.15) is 0 Å². The van der Waals surface area contributed by atoms with Gasteiger partial charge >= 0.3 is 0 Å². The maximum atomic E-state index is 6.43. The Kier molecular flexibility index (Phi) is 4.49. The number of aromatic nitrogens is 1. The molecule has 1 fully saturated rings. The van der Waals surface area contributed by atoms with Gasteiger partial charge in [-0.25, -0.2) is 0 Å². The number of ether oxygens (including phenoxy) is 2. The van der Waals surface area contributed by atoms with Crippen molar-refractivity contribution in [3.05, 3.63) is 72.1 Å². The third-order valence-electron chi connectivity index (χ3n) is 5.99. The number of pyridine rings is 1. The van der Waals surface area contributed by atoms with Crippen LogP contribution in [0.1, 0.15) is 29.9 Å². The van der Waals surface area contributed by atoms with E-state index in [0.29, 0.717) is 11.8 Å². The number of nitrogens with one attached hydrogen (secondary N) is 1. The van der Waals surface area contributed by atoms with Gasteiger partial charge in [-0.05, 0) is 67.2 Å². The molecule has 1 aromatic heterocycles. The Morgan fingerprint density at radius 1 is 0.964 bits per heavy atom. The second-order valence-corrected chi connectivity index (χ2v) is 7.53. The molecule has 0 bridgehead atoms. The van der Waals surface area contributed by atoms with Crippen LogP contribution in [0.5, 0.6) is 17.2 Å². The maximum Gasteiger partial charge on any atom is 0.173 e. The Morgan fingerprint density at radius 3 is 2.57 bits per heavy atom. The fraction of sp³-hybridized carbons (Fsp3) is 0.292. The van der Waals surface area contributed by atoms with E-state index in [1.54, 1.807) is 7.11 Å². The number of fused-ring (bicyclic) bond motifs is 2. The Balaban J connectivity index is 1.64. The van der Waals surface area contributed by atoms with E-state index in [1.807, 2.05) is 30.6 Å². The molecule has 4 nitrogen and oxygen atoms in total. The fourth-order valence-electron chi connectivity index (χ4n) is 4.61. The number of hydrogen-bond donors (Lipinski definition) is 1. The minimum Gasteiger partial charge on any atom is -0.493 e. The first kappa shape index (κ1) is 17.3. The van der Waals surface area contributed by atoms with E-state index in [2.05, 4.69) is 40.6 Å². The third-order valence-corrected chi connectivity index (χ3v) is 5.99. The minimum atomic E-state index is 0.336. The Bertz CT molecular complexity index is 981. The summed E-state index contributed by atoms with van der Waals surface area (Å²) in [6, 6.07) is 16.9. The summed E-state index contributed by atoms with van der Waals surface area (Å²) >= 11 is 0. The highest BCUT2D eigenvalue weighted by Gasteiger charge is 2.35. The molecule has 4 heteroatoms. The van der Waals surface area contributed by atoms with Gasteiger partial charge in [0.25, 0.3) is 0 Å². The van der Waals surface area contributed by atoms with E-state index in [4.69, 9.17) is 9.47 Å². The number of methoxy groups -OCH3 is 1. The largest absolute Gasteiger partial charge is 0.493 e. The second kappa shape index (κ2) is 7.28. The van der Waals surface area contributed by atoms with Gasteiger partial charge in [0.2, 0.25) is 0 Å². The number of hydrogen-bond acceptors (Lipinski definition) is 4. The first-order valence-corrected chi connectivity index (χ1v) is 9.95. The molecule has 0 radical (unpaired) electrons. The van der Waals surface area contributed by atoms with Crippen molar-refractivity contribution in [1.82, 2.24) is 10.3 Å². The number of benzene rings is 2. The third kappa shape index (κ3) is 2.94. The molecule has 0 aliphatic carbocycles. The number of nitrogens with zero attached hydrogens (tertiary/aromatic N) is 1. The van der Waals surface area contributed by atoms with Gasteiger partial charge in [-0.1, -0.05) is 24.3 Å². The van der Waals surface area contributed by atoms with Crippen molar-refractivity contribution >= 4 is 0 Å². The molecule has 28 heavy (non-hydrogen) atoms. The van der Waals surface area contributed by atoms with Crippen molar-refractivity contribution in [2.45, 2.75) is 18.8 Å². The van der Waals surface area contributed by atoms with Crippen molar-refractivity contribution in [2.75, 3.05) is 20.2 Å². The van der Waals surface area contributed by atoms with Crippen LogP contribution in [0, 0.1) is 5.92 Å². The average Bonchev–Trinajstić information content (AvgIpc) is 2.78. The number of piperidine rings is 1. The van der Waals surface area contributed by atoms with Crippen molar-refractivity contribution in [3.8, 4) is 28.4 Å². The van der Waals surface area contributed by atoms with Crippen LogP contribution >= 0.6 is 0 Å². The molecule has 3 heterocycles. The Hall–Kier alpha value is -2.85. The summed E-state index contributed by atoms with van der Waals surface area (Å²) in [6.07, 6.45) is 6.00. The predicted molar refractivity (Wildman–Crippen MR) is 110 cm³/mol. The van der Waals surface area contributed by atoms with E-state index in [9.17, 15) is 0 Å². The van der Waals surface area contributed by atoms with Crippen molar-refractivity contribution in [1.29, 1.82) is 0 Å². The van der Waals surface area contributed by atoms with E-state index in [1.165, 1.54) is 24.0 Å². The lowest BCUT2D eigenvalue weighted by molar-refractivity contribution is 0.313. The summed E-state index contributed by atoms with van der Waals surface area (Å²) in [5.41, 5.74) is 4.81. The molecule has 2 aliphatic heterocycles. The number of para-hydroxylation sites is 1. The zero-order valence-corrected chi connectivity index (χ0v) is 16.0. The van der Waals surface area contributed by atoms with Gasteiger partial charge in [0.05, 0.1) is 7.11 Å². The van der Waals surface area contributed by atoms with Gasteiger partial charge in [-0.15, -0.1) is 0 Å². The molecule has 1 N–H and O–H groups in total. The first-order chi connectivity index (χ1) is 13.8. The summed E-state index contributed by atoms with van der Waals surface area (Å²) in [6.45, 7) is 2.15. The zero-order valence-electron chi connectivity index (χ0n) is 16.0. The highest BCUT2D eigenvalue weighted by atomic mass is 16.5. The van der Waals surface area contributed by atoms with Crippen LogP contribution in [0.3, 0.4) is 0 Å². The van der Waals surface area contributed by atoms with E-state index < -0.39 is 0 Å². The summed E-state index contributed by atoms with van der Waals surface area (Å²) in [7, 11) is 1.71. The standard InChI is InChI=1S/C24H24N2O2/c1-27-21-4-2-3-20-23(17-9-13-26-14-10-17)19-6-5-18(15-22(19)28-24(20)21)16-7-11-25-12-8-16/h2-8,11-12,15,17,23,26H,9-10,13-14H2,1H3. The van der Waals surface area contributed by atoms with Crippen molar-refractivity contribution in [2.24, 2.45) is 5.92 Å². The van der Waals surface area contributed by atoms with Crippen LogP contribution in [-0.2, 0) is 0 Å². The van der Waals surface area contributed by atoms with Gasteiger partial charge in [-0.3, -0.25) is 4.98 Å². The summed E-state index contributed by atoms with van der Waals surface area (Å²) < 4.78 is 12.1. The van der Waals surface area contributed by atoms with Crippen LogP contribution in [0.4, 0.5) is 0 Å². The normalized spacial score (nSPS) is 18.7. The van der Waals surface area contributed by atoms with Crippen LogP contribution in [0.25, 0.3) is 11.1 Å². The van der Waals surface area contributed by atoms with Crippen LogP contribution in [0.2, 0.25) is 0 Å². The molecule has 0 amide bonds. The summed E-state index contributed by atoms with van der Waals surface area (Å²) in [4.78, 5) is 4.13. The van der Waals surface area contributed by atoms with Crippen LogP contribution in [0.15, 0.2) is 60.9 Å². The monoisotopic (exact) mass is 372 g/mol. The highest BCUT2D eigenvalue weighted by Crippen LogP contribution is 2.52. The minimum absolute atomic E-state index is 0.336. The molecule has 142 valence electrons. The quantitative estimate of drug-likeness (QED) is 0.703. The first-order valence-electron chi connectivity index (χ1n) is 9.95. The molecule has 0 saturated carbocycles. The van der Waals surface area contributed by atoms with Crippen molar-refractivity contribution in [3.63, 3.8) is 0 Å². The van der Waals surface area contributed by atoms with E-state index in [-0.39, 0.29) is 0 Å². The lowest BCUT2D eigenvalue weighted by Gasteiger charge is -2.36. The smallest absolute Gasteiger partial charge is 0.173 e. The van der Waals surface area contributed by atoms with Gasteiger partial charge in [0.1, 0.15) is 5.75 Å². The Morgan fingerprint density at radius 2 is 1.79 bits per heavy atom. The van der Waals surface area contributed by atoms with Gasteiger partial charge < -0.3 is 14.8 Å². The molecular formula is C24H24N2O2. The van der Waals surface area contributed by atoms with Gasteiger partial charge in [0, 0.05) is 29.4 Å². The maximum absolute atomic E-state index is 6.43. The molecular weight excluding hydrogens is 348 g/mol. The van der Waals surface area contributed by atoms with Crippen LogP contribution < -0.4 is 14.8 Å². The Labute approximate surface area is 165 Å². The molecule has 5 rings (SSSR count). The van der Waals surface area contributed by atoms with Crippen LogP contribution in [-0.4, -0.2) is 25.2 Å². The molecule has 1 unspecified atom stereocenters. The highest BCUT2D eigenvalue weighted by molar-refractivity contribution is 5.68. The zero-order chi connectivity index (χ0) is 18.9. The molecule has 3 aromatic rings. The molecule has 2 aliphatic rings. The van der Waals surface area contributed by atoms with E-state index in [0.717, 1.165) is 41.5 Å². The topological polar surface area (TPSA) is 43.4 Å². The molecule has 0 spiro atoms. The SMILES string of the molecule is COc1cccc2c1Oc1cc(-c3ccncc3)ccc1C2C1CCNCC1. The predicted octanol–water partition coefficient (Wildman–Crippen LogP) is 4.99. The summed E-state index contributed by atoms with van der Waals surface area (Å²) in [5.74, 6) is 3.54.